The molecule has 4 rings (SSSR count). The summed E-state index contributed by atoms with van der Waals surface area (Å²) in [6.45, 7) is 0.341. The van der Waals surface area contributed by atoms with Crippen molar-refractivity contribution in [1.82, 2.24) is 35.5 Å². The fourth-order valence-electron chi connectivity index (χ4n) is 4.67. The van der Waals surface area contributed by atoms with Crippen molar-refractivity contribution in [3.63, 3.8) is 0 Å². The maximum Gasteiger partial charge on any atom is 0.326 e. The molecule has 0 saturated carbocycles. The number of phenols is 1. The zero-order chi connectivity index (χ0) is 28.6. The maximum absolute atomic E-state index is 13.4. The SMILES string of the molecule is NC(Cc1cnc[nH]1)C(=O)N1CCCC1C(=O)NC(Cc1ccc(O)cc1)C(=O)NC(Cc1cnc[nH]1)C(=O)O. The molecular weight excluding hydrogens is 520 g/mol. The van der Waals surface area contributed by atoms with Gasteiger partial charge in [-0.2, -0.15) is 0 Å². The van der Waals surface area contributed by atoms with E-state index in [1.165, 1.54) is 35.9 Å². The second-order valence-corrected chi connectivity index (χ2v) is 9.69. The Hall–Kier alpha value is -4.72. The Morgan fingerprint density at radius 3 is 2.23 bits per heavy atom. The number of carbonyl (C=O) groups excluding carboxylic acids is 3. The first-order valence-corrected chi connectivity index (χ1v) is 12.8. The summed E-state index contributed by atoms with van der Waals surface area (Å²) in [5.74, 6) is -2.86. The number of nitrogens with one attached hydrogen (secondary N) is 4. The summed E-state index contributed by atoms with van der Waals surface area (Å²) < 4.78 is 0. The van der Waals surface area contributed by atoms with Crippen LogP contribution in [-0.4, -0.2) is 89.5 Å². The Morgan fingerprint density at radius 1 is 0.975 bits per heavy atom. The van der Waals surface area contributed by atoms with Crippen LogP contribution in [0.4, 0.5) is 0 Å². The fourth-order valence-corrected chi connectivity index (χ4v) is 4.67. The van der Waals surface area contributed by atoms with Crippen molar-refractivity contribution in [1.29, 1.82) is 0 Å². The lowest BCUT2D eigenvalue weighted by Gasteiger charge is -2.28. The number of carbonyl (C=O) groups is 4. The van der Waals surface area contributed by atoms with E-state index in [-0.39, 0.29) is 25.0 Å². The summed E-state index contributed by atoms with van der Waals surface area (Å²) >= 11 is 0. The van der Waals surface area contributed by atoms with E-state index in [0.717, 1.165) is 0 Å². The number of benzene rings is 1. The number of aromatic nitrogens is 4. The van der Waals surface area contributed by atoms with Gasteiger partial charge in [-0.3, -0.25) is 14.4 Å². The Bertz CT molecular complexity index is 1300. The minimum atomic E-state index is -1.28. The standard InChI is InChI=1S/C26H32N8O6/c27-19(9-16-11-28-13-30-16)25(38)34-7-1-2-22(34)24(37)32-20(8-15-3-5-18(35)6-4-15)23(36)33-21(26(39)40)10-17-12-29-14-31-17/h3-6,11-14,19-22,35H,1-2,7-10,27H2,(H,28,30)(H,29,31)(H,32,37)(H,33,36)(H,39,40). The molecule has 1 fully saturated rings. The number of carboxylic acids is 1. The molecule has 3 amide bonds. The number of nitrogens with two attached hydrogens (primary N) is 1. The summed E-state index contributed by atoms with van der Waals surface area (Å²) in [5, 5.41) is 24.5. The lowest BCUT2D eigenvalue weighted by atomic mass is 10.0. The molecule has 3 heterocycles. The molecule has 1 aliphatic rings. The molecule has 3 aromatic rings. The van der Waals surface area contributed by atoms with Crippen molar-refractivity contribution in [2.24, 2.45) is 5.73 Å². The Kier molecular flexibility index (Phi) is 9.11. The minimum Gasteiger partial charge on any atom is -0.508 e. The zero-order valence-corrected chi connectivity index (χ0v) is 21.6. The van der Waals surface area contributed by atoms with Gasteiger partial charge in [0.25, 0.3) is 0 Å². The highest BCUT2D eigenvalue weighted by molar-refractivity contribution is 5.94. The smallest absolute Gasteiger partial charge is 0.326 e. The molecule has 14 nitrogen and oxygen atoms in total. The molecule has 40 heavy (non-hydrogen) atoms. The molecular formula is C26H32N8O6. The summed E-state index contributed by atoms with van der Waals surface area (Å²) in [6.07, 6.45) is 7.10. The first-order valence-electron chi connectivity index (χ1n) is 12.8. The molecule has 0 spiro atoms. The van der Waals surface area contributed by atoms with Crippen LogP contribution < -0.4 is 16.4 Å². The average molecular weight is 553 g/mol. The van der Waals surface area contributed by atoms with Gasteiger partial charge in [-0.25, -0.2) is 14.8 Å². The van der Waals surface area contributed by atoms with Crippen LogP contribution in [0, 0.1) is 0 Å². The van der Waals surface area contributed by atoms with Crippen LogP contribution in [-0.2, 0) is 38.4 Å². The number of phenolic OH excluding ortho intramolecular Hbond substituents is 1. The molecule has 1 aromatic carbocycles. The highest BCUT2D eigenvalue weighted by atomic mass is 16.4. The van der Waals surface area contributed by atoms with E-state index in [1.807, 2.05) is 0 Å². The number of aromatic amines is 2. The van der Waals surface area contributed by atoms with E-state index < -0.39 is 47.9 Å². The number of H-pyrrole nitrogens is 2. The van der Waals surface area contributed by atoms with Crippen LogP contribution >= 0.6 is 0 Å². The second kappa shape index (κ2) is 12.9. The van der Waals surface area contributed by atoms with Crippen LogP contribution in [0.5, 0.6) is 5.75 Å². The van der Waals surface area contributed by atoms with Crippen molar-refractivity contribution in [3.8, 4) is 5.75 Å². The molecule has 0 aliphatic carbocycles. The number of imidazole rings is 2. The third kappa shape index (κ3) is 7.22. The first-order chi connectivity index (χ1) is 19.2. The molecule has 0 radical (unpaired) electrons. The predicted octanol–water partition coefficient (Wildman–Crippen LogP) is -0.761. The van der Waals surface area contributed by atoms with E-state index in [0.29, 0.717) is 36.3 Å². The Labute approximate surface area is 229 Å². The number of aliphatic carboxylic acids is 1. The van der Waals surface area contributed by atoms with Crippen molar-refractivity contribution < 1.29 is 29.4 Å². The van der Waals surface area contributed by atoms with Gasteiger partial charge in [0.15, 0.2) is 0 Å². The van der Waals surface area contributed by atoms with E-state index in [4.69, 9.17) is 5.73 Å². The van der Waals surface area contributed by atoms with Gasteiger partial charge in [-0.15, -0.1) is 0 Å². The topological polar surface area (TPSA) is 219 Å². The minimum absolute atomic E-state index is 0.0221. The molecule has 2 aromatic heterocycles. The lowest BCUT2D eigenvalue weighted by molar-refractivity contribution is -0.143. The molecule has 4 unspecified atom stereocenters. The van der Waals surface area contributed by atoms with Gasteiger partial charge in [0.05, 0.1) is 18.7 Å². The number of likely N-dealkylation sites (tertiary alicyclic amines) is 1. The van der Waals surface area contributed by atoms with Crippen LogP contribution in [0.25, 0.3) is 0 Å². The van der Waals surface area contributed by atoms with Crippen LogP contribution in [0.3, 0.4) is 0 Å². The summed E-state index contributed by atoms with van der Waals surface area (Å²) in [5.41, 5.74) is 7.96. The molecule has 1 saturated heterocycles. The number of hydrogen-bond acceptors (Lipinski definition) is 8. The van der Waals surface area contributed by atoms with Crippen LogP contribution in [0.2, 0.25) is 0 Å². The lowest BCUT2D eigenvalue weighted by Crippen LogP contribution is -2.57. The maximum atomic E-state index is 13.4. The van der Waals surface area contributed by atoms with Gasteiger partial charge in [0, 0.05) is 49.6 Å². The molecule has 212 valence electrons. The largest absolute Gasteiger partial charge is 0.508 e. The van der Waals surface area contributed by atoms with Crippen LogP contribution in [0.1, 0.15) is 29.8 Å². The molecule has 8 N–H and O–H groups in total. The van der Waals surface area contributed by atoms with Crippen molar-refractivity contribution in [2.75, 3.05) is 6.54 Å². The highest BCUT2D eigenvalue weighted by Gasteiger charge is 2.38. The highest BCUT2D eigenvalue weighted by Crippen LogP contribution is 2.20. The zero-order valence-electron chi connectivity index (χ0n) is 21.6. The number of nitrogens with zero attached hydrogens (tertiary/aromatic N) is 3. The van der Waals surface area contributed by atoms with Crippen molar-refractivity contribution in [3.05, 3.63) is 66.3 Å². The molecule has 14 heteroatoms. The number of rotatable bonds is 12. The quantitative estimate of drug-likeness (QED) is 0.150. The van der Waals surface area contributed by atoms with Gasteiger partial charge in [0.1, 0.15) is 23.9 Å². The van der Waals surface area contributed by atoms with Crippen molar-refractivity contribution in [2.45, 2.75) is 56.3 Å². The Morgan fingerprint density at radius 2 is 1.62 bits per heavy atom. The predicted molar refractivity (Wildman–Crippen MR) is 141 cm³/mol. The second-order valence-electron chi connectivity index (χ2n) is 9.69. The third-order valence-corrected chi connectivity index (χ3v) is 6.75. The van der Waals surface area contributed by atoms with E-state index in [1.54, 1.807) is 18.3 Å². The molecule has 4 atom stereocenters. The van der Waals surface area contributed by atoms with Gasteiger partial charge in [0.2, 0.25) is 17.7 Å². The van der Waals surface area contributed by atoms with E-state index >= 15 is 0 Å². The number of amides is 3. The van der Waals surface area contributed by atoms with E-state index in [2.05, 4.69) is 30.6 Å². The van der Waals surface area contributed by atoms with Gasteiger partial charge >= 0.3 is 5.97 Å². The average Bonchev–Trinajstić information content (AvgIpc) is 3.72. The van der Waals surface area contributed by atoms with Gasteiger partial charge < -0.3 is 41.4 Å². The monoisotopic (exact) mass is 552 g/mol. The van der Waals surface area contributed by atoms with Crippen molar-refractivity contribution >= 4 is 23.7 Å². The van der Waals surface area contributed by atoms with Crippen LogP contribution in [0.15, 0.2) is 49.3 Å². The fraction of sp³-hybridized carbons (Fsp3) is 0.385. The van der Waals surface area contributed by atoms with Gasteiger partial charge in [-0.1, -0.05) is 12.1 Å². The molecule has 0 bridgehead atoms. The summed E-state index contributed by atoms with van der Waals surface area (Å²) in [4.78, 5) is 66.7. The summed E-state index contributed by atoms with van der Waals surface area (Å²) in [7, 11) is 0. The van der Waals surface area contributed by atoms with E-state index in [9.17, 15) is 29.4 Å². The third-order valence-electron chi connectivity index (χ3n) is 6.75. The summed E-state index contributed by atoms with van der Waals surface area (Å²) in [6, 6.07) is 1.93. The first kappa shape index (κ1) is 28.3. The molecule has 1 aliphatic heterocycles. The van der Waals surface area contributed by atoms with Gasteiger partial charge in [-0.05, 0) is 30.5 Å². The number of aromatic hydroxyl groups is 1. The Balaban J connectivity index is 1.48. The number of carboxylic acid groups (broad SMARTS) is 1. The number of hydrogen-bond donors (Lipinski definition) is 7. The normalized spacial score (nSPS) is 17.1.